The average Bonchev–Trinajstić information content (AvgIpc) is 2.18. The van der Waals surface area contributed by atoms with Gasteiger partial charge in [0.25, 0.3) is 0 Å². The first-order chi connectivity index (χ1) is 7.06. The minimum absolute atomic E-state index is 1.19. The maximum absolute atomic E-state index is 9.45. The molecule has 0 aromatic heterocycles. The molecule has 0 bridgehead atoms. The summed E-state index contributed by atoms with van der Waals surface area (Å²) in [6, 6.07) is 0. The molecule has 1 atom stereocenters. The molecule has 3 nitrogen and oxygen atoms in total. The van der Waals surface area contributed by atoms with Crippen LogP contribution in [0.4, 0.5) is 0 Å². The first-order valence-electron chi connectivity index (χ1n) is 5.97. The van der Waals surface area contributed by atoms with Crippen LogP contribution in [0.3, 0.4) is 0 Å². The number of unbranched alkanes of at least 4 members (excludes halogenated alkanes) is 5. The van der Waals surface area contributed by atoms with Gasteiger partial charge in [0.1, 0.15) is 6.10 Å². The number of carboxylic acids is 1. The molecule has 0 aliphatic rings. The first kappa shape index (κ1) is 17.8. The number of aliphatic hydroxyl groups is 1. The Kier molecular flexibility index (Phi) is 17.1. The van der Waals surface area contributed by atoms with Gasteiger partial charge in [0.15, 0.2) is 0 Å². The van der Waals surface area contributed by atoms with Gasteiger partial charge in [-0.3, -0.25) is 0 Å². The number of carboxylic acid groups (broad SMARTS) is 1. The molecule has 86 valence electrons. The van der Waals surface area contributed by atoms with Crippen LogP contribution in [0, 0.1) is 0 Å². The van der Waals surface area contributed by atoms with Crippen LogP contribution < -0.4 is 0 Å². The molecule has 15 heavy (non-hydrogen) atoms. The van der Waals surface area contributed by atoms with Crippen LogP contribution in [-0.4, -0.2) is 50.2 Å². The topological polar surface area (TPSA) is 57.5 Å². The van der Waals surface area contributed by atoms with Crippen LogP contribution in [0.25, 0.3) is 0 Å². The van der Waals surface area contributed by atoms with E-state index in [-0.39, 0.29) is 0 Å². The van der Waals surface area contributed by atoms with E-state index in [1.54, 1.807) is 0 Å². The summed E-state index contributed by atoms with van der Waals surface area (Å²) >= 11 is 1.41. The van der Waals surface area contributed by atoms with Crippen molar-refractivity contribution >= 4 is 33.9 Å². The standard InChI is InChI=1S/C8H17.C3H6O3.Na/c1-3-5-7-8-6-4-2;1-2(4)3(5)6;/h1,3-8H2,2H3;2,4H,1H3,(H,5,6);. The Morgan fingerprint density at radius 2 is 1.60 bits per heavy atom. The maximum atomic E-state index is 9.45. The van der Waals surface area contributed by atoms with Crippen LogP contribution in [0.1, 0.15) is 52.4 Å². The molecule has 0 aliphatic heterocycles. The van der Waals surface area contributed by atoms with E-state index in [4.69, 9.17) is 10.2 Å². The molecule has 1 unspecified atom stereocenters. The van der Waals surface area contributed by atoms with Crippen molar-refractivity contribution in [2.45, 2.75) is 62.1 Å². The fourth-order valence-electron chi connectivity index (χ4n) is 1.03. The third kappa shape index (κ3) is 20.5. The van der Waals surface area contributed by atoms with E-state index >= 15 is 0 Å². The first-order valence-corrected chi connectivity index (χ1v) is 7.38. The Balaban J connectivity index is 0. The zero-order valence-corrected chi connectivity index (χ0v) is 12.3. The zero-order chi connectivity index (χ0) is 12.1. The molecule has 0 saturated carbocycles. The van der Waals surface area contributed by atoms with Crippen molar-refractivity contribution in [2.24, 2.45) is 0 Å². The average molecular weight is 226 g/mol. The van der Waals surface area contributed by atoms with Gasteiger partial charge < -0.3 is 10.2 Å². The molecule has 0 saturated heterocycles. The Bertz CT molecular complexity index is 132. The van der Waals surface area contributed by atoms with Crippen molar-refractivity contribution < 1.29 is 15.0 Å². The van der Waals surface area contributed by atoms with E-state index in [1.165, 1.54) is 77.0 Å². The number of hydrogen-bond acceptors (Lipinski definition) is 2. The number of aliphatic hydroxyl groups excluding tert-OH is 1. The van der Waals surface area contributed by atoms with Crippen LogP contribution in [0.5, 0.6) is 0 Å². The molecule has 0 amide bonds. The van der Waals surface area contributed by atoms with Gasteiger partial charge >= 0.3 is 83.0 Å². The van der Waals surface area contributed by atoms with Gasteiger partial charge in [0.2, 0.25) is 0 Å². The summed E-state index contributed by atoms with van der Waals surface area (Å²) in [6.07, 6.45) is 7.53. The fraction of sp³-hybridized carbons (Fsp3) is 0.909. The Hall–Kier alpha value is 0.430. The summed E-state index contributed by atoms with van der Waals surface area (Å²) in [5.41, 5.74) is 0. The quantitative estimate of drug-likeness (QED) is 0.517. The second kappa shape index (κ2) is 14.4. The van der Waals surface area contributed by atoms with Crippen LogP contribution >= 0.6 is 0 Å². The van der Waals surface area contributed by atoms with Crippen LogP contribution in [0.15, 0.2) is 0 Å². The van der Waals surface area contributed by atoms with Gasteiger partial charge in [0, 0.05) is 0 Å². The molecule has 0 aromatic rings. The summed E-state index contributed by atoms with van der Waals surface area (Å²) < 4.78 is 1.51. The SMILES string of the molecule is CC(O)C(=O)O.CCCCCCC[CH2][Na]. The summed E-state index contributed by atoms with van der Waals surface area (Å²) in [5.74, 6) is -1.19. The number of aliphatic carboxylic acids is 1. The molecular weight excluding hydrogens is 203 g/mol. The second-order valence-corrected chi connectivity index (χ2v) is 4.78. The van der Waals surface area contributed by atoms with Crippen molar-refractivity contribution in [1.82, 2.24) is 0 Å². The van der Waals surface area contributed by atoms with E-state index < -0.39 is 12.1 Å². The molecule has 2 N–H and O–H groups in total. The summed E-state index contributed by atoms with van der Waals surface area (Å²) in [4.78, 5) is 9.45. The van der Waals surface area contributed by atoms with Gasteiger partial charge in [-0.25, -0.2) is 4.79 Å². The number of rotatable bonds is 7. The number of hydrogen-bond donors (Lipinski definition) is 2. The predicted octanol–water partition coefficient (Wildman–Crippen LogP) is 2.39. The van der Waals surface area contributed by atoms with Crippen LogP contribution in [-0.2, 0) is 4.79 Å². The zero-order valence-electron chi connectivity index (χ0n) is 10.3. The third-order valence-corrected chi connectivity index (χ3v) is 2.77. The Labute approximate surface area is 111 Å². The Morgan fingerprint density at radius 1 is 1.20 bits per heavy atom. The van der Waals surface area contributed by atoms with Gasteiger partial charge in [-0.05, 0) is 6.92 Å². The molecule has 0 rings (SSSR count). The summed E-state index contributed by atoms with van der Waals surface area (Å²) in [6.45, 7) is 3.47. The minimum atomic E-state index is -1.23. The second-order valence-electron chi connectivity index (χ2n) is 3.78. The van der Waals surface area contributed by atoms with Gasteiger partial charge in [0.05, 0.1) is 0 Å². The summed E-state index contributed by atoms with van der Waals surface area (Å²) in [5, 5.41) is 15.8. The van der Waals surface area contributed by atoms with E-state index in [0.29, 0.717) is 0 Å². The predicted molar refractivity (Wildman–Crippen MR) is 63.3 cm³/mol. The fourth-order valence-corrected chi connectivity index (χ4v) is 1.53. The molecule has 4 heteroatoms. The van der Waals surface area contributed by atoms with Crippen LogP contribution in [0.2, 0.25) is 3.67 Å². The third-order valence-electron chi connectivity index (χ3n) is 2.06. The van der Waals surface area contributed by atoms with E-state index in [0.717, 1.165) is 0 Å². The Morgan fingerprint density at radius 3 is 1.93 bits per heavy atom. The van der Waals surface area contributed by atoms with E-state index in [1.807, 2.05) is 0 Å². The van der Waals surface area contributed by atoms with Crippen molar-refractivity contribution in [3.05, 3.63) is 0 Å². The monoisotopic (exact) mass is 226 g/mol. The van der Waals surface area contributed by atoms with Gasteiger partial charge in [-0.2, -0.15) is 0 Å². The number of carbonyl (C=O) groups is 1. The van der Waals surface area contributed by atoms with Crippen molar-refractivity contribution in [1.29, 1.82) is 0 Å². The summed E-state index contributed by atoms with van der Waals surface area (Å²) in [7, 11) is 0. The molecule has 0 spiro atoms. The van der Waals surface area contributed by atoms with E-state index in [2.05, 4.69) is 6.92 Å². The van der Waals surface area contributed by atoms with Gasteiger partial charge in [-0.15, -0.1) is 0 Å². The molecular formula is C11H23NaO3. The molecule has 0 fully saturated rings. The van der Waals surface area contributed by atoms with Crippen molar-refractivity contribution in [3.8, 4) is 0 Å². The molecule has 0 heterocycles. The molecule has 0 aromatic carbocycles. The molecule has 0 radical (unpaired) electrons. The molecule has 0 aliphatic carbocycles. The van der Waals surface area contributed by atoms with Crippen molar-refractivity contribution in [3.63, 3.8) is 0 Å². The van der Waals surface area contributed by atoms with Crippen molar-refractivity contribution in [2.75, 3.05) is 0 Å². The van der Waals surface area contributed by atoms with Gasteiger partial charge in [-0.1, -0.05) is 0 Å². The van der Waals surface area contributed by atoms with E-state index in [9.17, 15) is 4.79 Å². The normalized spacial score (nSPS) is 11.5.